The van der Waals surface area contributed by atoms with Crippen LogP contribution in [0.4, 0.5) is 0 Å². The van der Waals surface area contributed by atoms with E-state index in [1.807, 2.05) is 0 Å². The Morgan fingerprint density at radius 2 is 1.23 bits per heavy atom. The molecule has 0 radical (unpaired) electrons. The maximum atomic E-state index is 9.85. The Labute approximate surface area is 74.7 Å². The van der Waals surface area contributed by atoms with Crippen LogP contribution in [0.2, 0.25) is 0 Å². The fourth-order valence-corrected chi connectivity index (χ4v) is 2.16. The molecule has 0 unspecified atom stereocenters. The second-order valence-electron chi connectivity index (χ2n) is 1.98. The van der Waals surface area contributed by atoms with E-state index in [-0.39, 0.29) is 6.61 Å². The third kappa shape index (κ3) is 24.5. The van der Waals surface area contributed by atoms with E-state index in [0.29, 0.717) is 6.54 Å². The van der Waals surface area contributed by atoms with E-state index < -0.39 is 21.1 Å². The SMILES string of the molecule is NCCO.O=P(O)(O)CP(=O)(O)O. The lowest BCUT2D eigenvalue weighted by molar-refractivity contribution is 0.306. The van der Waals surface area contributed by atoms with Gasteiger partial charge in [-0.2, -0.15) is 0 Å². The van der Waals surface area contributed by atoms with Crippen LogP contribution in [0.15, 0.2) is 0 Å². The monoisotopic (exact) mass is 237 g/mol. The summed E-state index contributed by atoms with van der Waals surface area (Å²) in [5.74, 6) is -1.38. The molecule has 0 aliphatic rings. The maximum absolute atomic E-state index is 9.85. The van der Waals surface area contributed by atoms with Crippen LogP contribution in [-0.2, 0) is 9.13 Å². The summed E-state index contributed by atoms with van der Waals surface area (Å²) < 4.78 is 19.7. The number of aliphatic hydroxyl groups excluding tert-OH is 1. The standard InChI is InChI=1S/C2H7NO.CH6O6P2/c3-1-2-4;2-8(3,4)1-9(5,6)7/h4H,1-3H2;1H2,(H2,2,3,4)(H2,5,6,7). The summed E-state index contributed by atoms with van der Waals surface area (Å²) in [5, 5.41) is 7.75. The average Bonchev–Trinajstić information content (AvgIpc) is 1.80. The average molecular weight is 237 g/mol. The van der Waals surface area contributed by atoms with Crippen molar-refractivity contribution < 1.29 is 33.8 Å². The third-order valence-corrected chi connectivity index (χ3v) is 3.45. The molecule has 0 aromatic heterocycles. The van der Waals surface area contributed by atoms with E-state index in [1.54, 1.807) is 0 Å². The van der Waals surface area contributed by atoms with Crippen LogP contribution in [0.1, 0.15) is 0 Å². The summed E-state index contributed by atoms with van der Waals surface area (Å²) in [6.07, 6.45) is 0. The Balaban J connectivity index is 0. The molecule has 8 nitrogen and oxygen atoms in total. The third-order valence-electron chi connectivity index (χ3n) is 0.498. The van der Waals surface area contributed by atoms with Crippen LogP contribution in [0, 0.1) is 0 Å². The minimum atomic E-state index is -4.55. The van der Waals surface area contributed by atoms with Gasteiger partial charge in [0.2, 0.25) is 0 Å². The van der Waals surface area contributed by atoms with E-state index in [4.69, 9.17) is 30.4 Å². The highest BCUT2D eigenvalue weighted by Gasteiger charge is 2.26. The molecule has 0 fully saturated rings. The largest absolute Gasteiger partial charge is 0.395 e. The second-order valence-corrected chi connectivity index (χ2v) is 5.77. The van der Waals surface area contributed by atoms with Gasteiger partial charge in [-0.25, -0.2) is 0 Å². The summed E-state index contributed by atoms with van der Waals surface area (Å²) in [7, 11) is -9.10. The van der Waals surface area contributed by atoms with Crippen LogP contribution >= 0.6 is 15.2 Å². The van der Waals surface area contributed by atoms with Crippen LogP contribution in [0.5, 0.6) is 0 Å². The molecule has 82 valence electrons. The lowest BCUT2D eigenvalue weighted by Crippen LogP contribution is -2.02. The lowest BCUT2D eigenvalue weighted by Gasteiger charge is -2.03. The van der Waals surface area contributed by atoms with Gasteiger partial charge < -0.3 is 30.4 Å². The van der Waals surface area contributed by atoms with Crippen molar-refractivity contribution in [3.8, 4) is 0 Å². The van der Waals surface area contributed by atoms with Gasteiger partial charge in [-0.1, -0.05) is 0 Å². The minimum absolute atomic E-state index is 0.0972. The normalized spacial score (nSPS) is 11.8. The first-order valence-electron chi connectivity index (χ1n) is 3.02. The Bertz CT molecular complexity index is 184. The van der Waals surface area contributed by atoms with Gasteiger partial charge in [0, 0.05) is 6.54 Å². The van der Waals surface area contributed by atoms with Gasteiger partial charge in [0.15, 0.2) is 5.90 Å². The predicted molar refractivity (Wildman–Crippen MR) is 45.1 cm³/mol. The van der Waals surface area contributed by atoms with Crippen LogP contribution < -0.4 is 5.73 Å². The predicted octanol–water partition coefficient (Wildman–Crippen LogP) is -1.76. The topological polar surface area (TPSA) is 161 Å². The molecule has 0 saturated heterocycles. The van der Waals surface area contributed by atoms with Crippen molar-refractivity contribution in [2.45, 2.75) is 0 Å². The molecule has 0 spiro atoms. The molecule has 7 N–H and O–H groups in total. The fourth-order valence-electron chi connectivity index (χ4n) is 0.240. The highest BCUT2D eigenvalue weighted by Crippen LogP contribution is 2.51. The van der Waals surface area contributed by atoms with Crippen LogP contribution in [-0.4, -0.2) is 43.7 Å². The van der Waals surface area contributed by atoms with Crippen LogP contribution in [0.25, 0.3) is 0 Å². The first-order valence-corrected chi connectivity index (χ1v) is 6.62. The highest BCUT2D eigenvalue weighted by atomic mass is 31.2. The van der Waals surface area contributed by atoms with E-state index in [9.17, 15) is 9.13 Å². The number of hydrogen-bond donors (Lipinski definition) is 6. The number of aliphatic hydroxyl groups is 1. The van der Waals surface area contributed by atoms with E-state index in [0.717, 1.165) is 0 Å². The quantitative estimate of drug-likeness (QED) is 0.314. The zero-order valence-electron chi connectivity index (χ0n) is 6.65. The fraction of sp³-hybridized carbons (Fsp3) is 1.00. The van der Waals surface area contributed by atoms with Gasteiger partial charge in [-0.15, -0.1) is 0 Å². The Kier molecular flexibility index (Phi) is 8.01. The molecule has 0 heterocycles. The zero-order valence-corrected chi connectivity index (χ0v) is 8.43. The summed E-state index contributed by atoms with van der Waals surface area (Å²) >= 11 is 0. The molecular weight excluding hydrogens is 224 g/mol. The van der Waals surface area contributed by atoms with Crippen molar-refractivity contribution in [1.82, 2.24) is 0 Å². The Morgan fingerprint density at radius 3 is 1.23 bits per heavy atom. The molecule has 0 aliphatic carbocycles. The van der Waals surface area contributed by atoms with Crippen molar-refractivity contribution in [3.63, 3.8) is 0 Å². The minimum Gasteiger partial charge on any atom is -0.395 e. The van der Waals surface area contributed by atoms with Crippen molar-refractivity contribution in [2.75, 3.05) is 19.1 Å². The molecule has 0 saturated carbocycles. The maximum Gasteiger partial charge on any atom is 0.337 e. The molecule has 0 atom stereocenters. The van der Waals surface area contributed by atoms with Gasteiger partial charge in [0.1, 0.15) is 0 Å². The molecule has 10 heteroatoms. The molecule has 0 aromatic carbocycles. The van der Waals surface area contributed by atoms with Crippen molar-refractivity contribution in [2.24, 2.45) is 5.73 Å². The number of nitrogens with two attached hydrogens (primary N) is 1. The first kappa shape index (κ1) is 15.7. The molecular formula is C3H13NO7P2. The van der Waals surface area contributed by atoms with Gasteiger partial charge >= 0.3 is 15.2 Å². The lowest BCUT2D eigenvalue weighted by atomic mass is 10.8. The summed E-state index contributed by atoms with van der Waals surface area (Å²) in [5.41, 5.74) is 4.78. The van der Waals surface area contributed by atoms with Gasteiger partial charge in [0.05, 0.1) is 6.61 Å². The summed E-state index contributed by atoms with van der Waals surface area (Å²) in [6, 6.07) is 0. The second kappa shape index (κ2) is 6.64. The molecule has 0 aromatic rings. The molecule has 0 bridgehead atoms. The van der Waals surface area contributed by atoms with Gasteiger partial charge in [-0.05, 0) is 0 Å². The zero-order chi connectivity index (χ0) is 11.1. The van der Waals surface area contributed by atoms with Crippen molar-refractivity contribution in [3.05, 3.63) is 0 Å². The van der Waals surface area contributed by atoms with E-state index in [2.05, 4.69) is 0 Å². The first-order chi connectivity index (χ1) is 5.62. The molecule has 13 heavy (non-hydrogen) atoms. The van der Waals surface area contributed by atoms with E-state index in [1.165, 1.54) is 0 Å². The number of rotatable bonds is 3. The van der Waals surface area contributed by atoms with Gasteiger partial charge in [-0.3, -0.25) is 9.13 Å². The Hall–Kier alpha value is 0.220. The number of hydrogen-bond acceptors (Lipinski definition) is 4. The molecule has 0 aliphatic heterocycles. The van der Waals surface area contributed by atoms with E-state index >= 15 is 0 Å². The van der Waals surface area contributed by atoms with Crippen molar-refractivity contribution in [1.29, 1.82) is 0 Å². The molecule has 0 amide bonds. The van der Waals surface area contributed by atoms with Gasteiger partial charge in [0.25, 0.3) is 0 Å². The van der Waals surface area contributed by atoms with Crippen LogP contribution in [0.3, 0.4) is 0 Å². The smallest absolute Gasteiger partial charge is 0.337 e. The van der Waals surface area contributed by atoms with Crippen molar-refractivity contribution >= 4 is 15.2 Å². The summed E-state index contributed by atoms with van der Waals surface area (Å²) in [4.78, 5) is 31.9. The molecule has 0 rings (SSSR count). The Morgan fingerprint density at radius 1 is 1.00 bits per heavy atom. The highest BCUT2D eigenvalue weighted by molar-refractivity contribution is 7.69. The summed E-state index contributed by atoms with van der Waals surface area (Å²) in [6.45, 7) is 0.472.